The first-order chi connectivity index (χ1) is 16.7. The summed E-state index contributed by atoms with van der Waals surface area (Å²) in [6, 6.07) is 16.6. The monoisotopic (exact) mass is 486 g/mol. The molecule has 0 saturated carbocycles. The number of rotatable bonds is 7. The Kier molecular flexibility index (Phi) is 7.11. The number of hydrogen-bond donors (Lipinski definition) is 1. The Morgan fingerprint density at radius 2 is 1.77 bits per heavy atom. The second-order valence-corrected chi connectivity index (χ2v) is 8.23. The molecule has 184 valence electrons. The second kappa shape index (κ2) is 10.2. The number of aromatic nitrogens is 1. The Morgan fingerprint density at radius 3 is 2.43 bits per heavy atom. The third kappa shape index (κ3) is 6.42. The molecular weight excluding hydrogens is 461 g/mol. The van der Waals surface area contributed by atoms with Gasteiger partial charge in [0, 0.05) is 36.6 Å². The van der Waals surface area contributed by atoms with Gasteiger partial charge in [-0.15, -0.1) is 13.2 Å². The number of pyridine rings is 1. The molecule has 10 heteroatoms. The normalized spacial score (nSPS) is 16.3. The van der Waals surface area contributed by atoms with E-state index < -0.39 is 6.36 Å². The topological polar surface area (TPSA) is 66.9 Å². The second-order valence-electron chi connectivity index (χ2n) is 8.23. The molecule has 3 aromatic rings. The fourth-order valence-electron chi connectivity index (χ4n) is 3.91. The Hall–Kier alpha value is -3.79. The molecule has 4 rings (SSSR count). The summed E-state index contributed by atoms with van der Waals surface area (Å²) >= 11 is 0. The summed E-state index contributed by atoms with van der Waals surface area (Å²) in [6.07, 6.45) is -3.06. The number of alkyl halides is 3. The first-order valence-corrected chi connectivity index (χ1v) is 11.0. The highest BCUT2D eigenvalue weighted by Gasteiger charge is 2.31. The Balaban J connectivity index is 1.37. The molecule has 1 N–H and O–H groups in total. The third-order valence-corrected chi connectivity index (χ3v) is 5.70. The molecule has 0 bridgehead atoms. The van der Waals surface area contributed by atoms with Crippen LogP contribution in [-0.4, -0.2) is 48.5 Å². The highest BCUT2D eigenvalue weighted by Crippen LogP contribution is 2.28. The van der Waals surface area contributed by atoms with Crippen LogP contribution in [-0.2, 0) is 6.54 Å². The van der Waals surface area contributed by atoms with E-state index >= 15 is 0 Å². The van der Waals surface area contributed by atoms with Crippen molar-refractivity contribution in [3.05, 3.63) is 78.0 Å². The molecule has 7 nitrogen and oxygen atoms in total. The lowest BCUT2D eigenvalue weighted by molar-refractivity contribution is -0.274. The molecule has 1 atom stereocenters. The van der Waals surface area contributed by atoms with Crippen LogP contribution in [0.2, 0.25) is 0 Å². The maximum Gasteiger partial charge on any atom is 0.573 e. The molecule has 0 radical (unpaired) electrons. The predicted octanol–water partition coefficient (Wildman–Crippen LogP) is 4.91. The van der Waals surface area contributed by atoms with Gasteiger partial charge in [0.05, 0.1) is 13.8 Å². The highest BCUT2D eigenvalue weighted by molar-refractivity contribution is 6.03. The van der Waals surface area contributed by atoms with E-state index in [2.05, 4.69) is 31.8 Å². The molecule has 1 aliphatic heterocycles. The summed E-state index contributed by atoms with van der Waals surface area (Å²) < 4.78 is 46.2. The van der Waals surface area contributed by atoms with Crippen LogP contribution >= 0.6 is 0 Å². The Labute approximate surface area is 201 Å². The summed E-state index contributed by atoms with van der Waals surface area (Å²) in [5.74, 6) is 0.607. The van der Waals surface area contributed by atoms with Crippen molar-refractivity contribution in [1.29, 1.82) is 0 Å². The molecular formula is C25H25F3N4O3. The first kappa shape index (κ1) is 24.3. The van der Waals surface area contributed by atoms with Gasteiger partial charge in [-0.2, -0.15) is 0 Å². The summed E-state index contributed by atoms with van der Waals surface area (Å²) in [6.45, 7) is 4.05. The molecule has 1 aliphatic rings. The molecule has 1 fully saturated rings. The van der Waals surface area contributed by atoms with Crippen LogP contribution in [0.3, 0.4) is 0 Å². The molecule has 2 heterocycles. The van der Waals surface area contributed by atoms with Gasteiger partial charge in [-0.3, -0.25) is 9.69 Å². The number of anilines is 2. The van der Waals surface area contributed by atoms with Gasteiger partial charge >= 0.3 is 6.36 Å². The zero-order chi connectivity index (χ0) is 25.0. The number of hydrogen-bond acceptors (Lipinski definition) is 6. The quantitative estimate of drug-likeness (QED) is 0.512. The SMILES string of the molecule is COc1ccc(C(=O)Nc2cc(CN3CN(c4ccc(OC(F)(F)F)cc4)CC3C)ccn2)cc1. The number of ether oxygens (including phenoxy) is 2. The van der Waals surface area contributed by atoms with Crippen LogP contribution in [0.25, 0.3) is 0 Å². The summed E-state index contributed by atoms with van der Waals surface area (Å²) in [7, 11) is 1.56. The summed E-state index contributed by atoms with van der Waals surface area (Å²) in [5.41, 5.74) is 2.29. The van der Waals surface area contributed by atoms with Crippen molar-refractivity contribution in [1.82, 2.24) is 9.88 Å². The van der Waals surface area contributed by atoms with Gasteiger partial charge in [0.15, 0.2) is 0 Å². The van der Waals surface area contributed by atoms with Gasteiger partial charge < -0.3 is 19.7 Å². The average molecular weight is 486 g/mol. The van der Waals surface area contributed by atoms with Crippen LogP contribution in [0.4, 0.5) is 24.7 Å². The number of amides is 1. The van der Waals surface area contributed by atoms with Crippen molar-refractivity contribution in [2.75, 3.05) is 30.5 Å². The minimum Gasteiger partial charge on any atom is -0.497 e. The van der Waals surface area contributed by atoms with Crippen molar-refractivity contribution < 1.29 is 27.4 Å². The zero-order valence-corrected chi connectivity index (χ0v) is 19.2. The summed E-state index contributed by atoms with van der Waals surface area (Å²) in [5, 5.41) is 2.82. The van der Waals surface area contributed by atoms with E-state index in [-0.39, 0.29) is 17.7 Å². The molecule has 35 heavy (non-hydrogen) atoms. The van der Waals surface area contributed by atoms with Gasteiger partial charge in [0.25, 0.3) is 5.91 Å². The van der Waals surface area contributed by atoms with Crippen LogP contribution in [0.5, 0.6) is 11.5 Å². The van der Waals surface area contributed by atoms with E-state index in [0.717, 1.165) is 17.8 Å². The molecule has 1 amide bonds. The predicted molar refractivity (Wildman–Crippen MR) is 126 cm³/mol. The molecule has 0 aliphatic carbocycles. The number of halogens is 3. The van der Waals surface area contributed by atoms with Gasteiger partial charge in [-0.05, 0) is 73.2 Å². The van der Waals surface area contributed by atoms with Crippen molar-refractivity contribution in [2.45, 2.75) is 25.9 Å². The van der Waals surface area contributed by atoms with E-state index in [1.165, 1.54) is 12.1 Å². The minimum atomic E-state index is -4.71. The zero-order valence-electron chi connectivity index (χ0n) is 19.2. The number of carbonyl (C=O) groups is 1. The lowest BCUT2D eigenvalue weighted by atomic mass is 10.2. The van der Waals surface area contributed by atoms with Gasteiger partial charge in [0.2, 0.25) is 0 Å². The number of nitrogens with one attached hydrogen (secondary N) is 1. The van der Waals surface area contributed by atoms with E-state index in [9.17, 15) is 18.0 Å². The molecule has 0 spiro atoms. The average Bonchev–Trinajstić information content (AvgIpc) is 3.18. The van der Waals surface area contributed by atoms with Gasteiger partial charge in [-0.1, -0.05) is 0 Å². The largest absolute Gasteiger partial charge is 0.573 e. The van der Waals surface area contributed by atoms with Crippen LogP contribution in [0, 0.1) is 0 Å². The van der Waals surface area contributed by atoms with E-state index in [0.29, 0.717) is 30.3 Å². The Bertz CT molecular complexity index is 1150. The Morgan fingerprint density at radius 1 is 1.09 bits per heavy atom. The first-order valence-electron chi connectivity index (χ1n) is 11.0. The fourth-order valence-corrected chi connectivity index (χ4v) is 3.91. The highest BCUT2D eigenvalue weighted by atomic mass is 19.4. The number of methoxy groups -OCH3 is 1. The molecule has 2 aromatic carbocycles. The van der Waals surface area contributed by atoms with Crippen LogP contribution in [0.1, 0.15) is 22.8 Å². The van der Waals surface area contributed by atoms with Crippen molar-refractivity contribution in [3.8, 4) is 11.5 Å². The van der Waals surface area contributed by atoms with Crippen molar-refractivity contribution in [3.63, 3.8) is 0 Å². The summed E-state index contributed by atoms with van der Waals surface area (Å²) in [4.78, 5) is 21.1. The van der Waals surface area contributed by atoms with Crippen LogP contribution < -0.4 is 19.7 Å². The molecule has 1 unspecified atom stereocenters. The number of nitrogens with zero attached hydrogens (tertiary/aromatic N) is 3. The minimum absolute atomic E-state index is 0.214. The number of benzene rings is 2. The smallest absolute Gasteiger partial charge is 0.497 e. The lowest BCUT2D eigenvalue weighted by Crippen LogP contribution is -2.28. The standard InChI is InChI=1S/C25H25F3N4O3/c1-17-14-32(20-5-9-22(10-6-20)35-25(26,27)28)16-31(17)15-18-11-12-29-23(13-18)30-24(33)19-3-7-21(34-2)8-4-19/h3-13,17H,14-16H2,1-2H3,(H,29,30,33). The maximum atomic E-state index is 12.5. The number of carbonyl (C=O) groups excluding carboxylic acids is 1. The van der Waals surface area contributed by atoms with E-state index in [4.69, 9.17) is 4.74 Å². The van der Waals surface area contributed by atoms with Crippen molar-refractivity contribution in [2.24, 2.45) is 0 Å². The molecule has 1 saturated heterocycles. The lowest BCUT2D eigenvalue weighted by Gasteiger charge is -2.21. The maximum absolute atomic E-state index is 12.5. The van der Waals surface area contributed by atoms with Gasteiger partial charge in [-0.25, -0.2) is 4.98 Å². The van der Waals surface area contributed by atoms with Crippen molar-refractivity contribution >= 4 is 17.4 Å². The van der Waals surface area contributed by atoms with Crippen LogP contribution in [0.15, 0.2) is 66.9 Å². The van der Waals surface area contributed by atoms with Gasteiger partial charge in [0.1, 0.15) is 17.3 Å². The van der Waals surface area contributed by atoms with E-state index in [1.54, 1.807) is 49.7 Å². The molecule has 1 aromatic heterocycles. The fraction of sp³-hybridized carbons (Fsp3) is 0.280. The van der Waals surface area contributed by atoms with E-state index in [1.807, 2.05) is 12.1 Å². The third-order valence-electron chi connectivity index (χ3n) is 5.70.